The van der Waals surface area contributed by atoms with Gasteiger partial charge in [0.25, 0.3) is 0 Å². The monoisotopic (exact) mass is 299 g/mol. The maximum atomic E-state index is 12.5. The third kappa shape index (κ3) is 4.86. The maximum Gasteiger partial charge on any atom is 0.329 e. The van der Waals surface area contributed by atoms with Crippen LogP contribution in [-0.2, 0) is 9.53 Å². The normalized spacial score (nSPS) is 22.1. The lowest BCUT2D eigenvalue weighted by atomic mass is 10.1. The molecule has 0 atom stereocenters. The van der Waals surface area contributed by atoms with Crippen LogP contribution in [0.25, 0.3) is 0 Å². The fraction of sp³-hybridized carbons (Fsp3) is 0.857. The second kappa shape index (κ2) is 7.61. The third-order valence-corrected chi connectivity index (χ3v) is 4.15. The average molecular weight is 299 g/mol. The number of carboxylic acids is 1. The number of hydrogen-bond donors (Lipinski definition) is 1. The van der Waals surface area contributed by atoms with Gasteiger partial charge in [-0.2, -0.15) is 0 Å². The number of ether oxygens (including phenoxy) is 1. The summed E-state index contributed by atoms with van der Waals surface area (Å²) in [6.45, 7) is 4.60. The summed E-state index contributed by atoms with van der Waals surface area (Å²) in [4.78, 5) is 29.0. The van der Waals surface area contributed by atoms with Crippen LogP contribution < -0.4 is 0 Å². The van der Waals surface area contributed by atoms with E-state index in [-0.39, 0.29) is 18.7 Å². The summed E-state index contributed by atoms with van der Waals surface area (Å²) in [5.74, 6) is -0.942. The Morgan fingerprint density at radius 2 is 1.71 bits per heavy atom. The van der Waals surface area contributed by atoms with E-state index >= 15 is 0 Å². The van der Waals surface area contributed by atoms with Crippen molar-refractivity contribution in [3.8, 4) is 0 Å². The van der Waals surface area contributed by atoms with Crippen LogP contribution in [0.15, 0.2) is 0 Å². The van der Waals surface area contributed by atoms with Gasteiger partial charge in [-0.1, -0.05) is 0 Å². The first-order valence-corrected chi connectivity index (χ1v) is 7.62. The van der Waals surface area contributed by atoms with Crippen LogP contribution in [0.3, 0.4) is 0 Å². The van der Waals surface area contributed by atoms with Crippen molar-refractivity contribution < 1.29 is 19.4 Å². The second-order valence-corrected chi connectivity index (χ2v) is 5.82. The highest BCUT2D eigenvalue weighted by Gasteiger charge is 2.27. The number of amides is 2. The van der Waals surface area contributed by atoms with Crippen molar-refractivity contribution in [3.63, 3.8) is 0 Å². The Morgan fingerprint density at radius 3 is 2.38 bits per heavy atom. The summed E-state index contributed by atoms with van der Waals surface area (Å²) < 4.78 is 5.29. The minimum Gasteiger partial charge on any atom is -0.480 e. The number of likely N-dealkylation sites (tertiary alicyclic amines) is 1. The van der Waals surface area contributed by atoms with Crippen LogP contribution in [0.4, 0.5) is 4.79 Å². The average Bonchev–Trinajstić information content (AvgIpc) is 2.69. The van der Waals surface area contributed by atoms with Gasteiger partial charge in [-0.3, -0.25) is 0 Å². The van der Waals surface area contributed by atoms with E-state index in [1.807, 2.05) is 9.80 Å². The molecule has 2 saturated heterocycles. The summed E-state index contributed by atoms with van der Waals surface area (Å²) >= 11 is 0. The SMILES string of the molecule is CN1CCCN(C(=O)N2CCC(OCC(=O)O)CC2)CC1. The smallest absolute Gasteiger partial charge is 0.329 e. The zero-order valence-corrected chi connectivity index (χ0v) is 12.7. The molecule has 120 valence electrons. The number of likely N-dealkylation sites (N-methyl/N-ethyl adjacent to an activating group) is 1. The summed E-state index contributed by atoms with van der Waals surface area (Å²) in [7, 11) is 2.08. The Kier molecular flexibility index (Phi) is 5.81. The Labute approximate surface area is 125 Å². The quantitative estimate of drug-likeness (QED) is 0.812. The van der Waals surface area contributed by atoms with Crippen molar-refractivity contribution in [1.29, 1.82) is 0 Å². The molecule has 7 nitrogen and oxygen atoms in total. The fourth-order valence-electron chi connectivity index (χ4n) is 2.84. The van der Waals surface area contributed by atoms with Gasteiger partial charge in [-0.25, -0.2) is 9.59 Å². The van der Waals surface area contributed by atoms with Gasteiger partial charge in [0.05, 0.1) is 6.10 Å². The predicted molar refractivity (Wildman–Crippen MR) is 77.3 cm³/mol. The van der Waals surface area contributed by atoms with Gasteiger partial charge in [0.2, 0.25) is 0 Å². The van der Waals surface area contributed by atoms with Crippen molar-refractivity contribution in [3.05, 3.63) is 0 Å². The van der Waals surface area contributed by atoms with Gasteiger partial charge in [0.15, 0.2) is 0 Å². The second-order valence-electron chi connectivity index (χ2n) is 5.82. The number of rotatable bonds is 3. The molecule has 0 radical (unpaired) electrons. The van der Waals surface area contributed by atoms with E-state index in [1.165, 1.54) is 0 Å². The van der Waals surface area contributed by atoms with E-state index in [1.54, 1.807) is 0 Å². The summed E-state index contributed by atoms with van der Waals surface area (Å²) in [5, 5.41) is 8.60. The summed E-state index contributed by atoms with van der Waals surface area (Å²) in [6.07, 6.45) is 2.40. The van der Waals surface area contributed by atoms with Crippen LogP contribution >= 0.6 is 0 Å². The van der Waals surface area contributed by atoms with Gasteiger partial charge >= 0.3 is 12.0 Å². The minimum absolute atomic E-state index is 0.0413. The van der Waals surface area contributed by atoms with Crippen LogP contribution in [0.1, 0.15) is 19.3 Å². The zero-order chi connectivity index (χ0) is 15.2. The predicted octanol–water partition coefficient (Wildman–Crippen LogP) is 0.310. The van der Waals surface area contributed by atoms with E-state index in [9.17, 15) is 9.59 Å². The van der Waals surface area contributed by atoms with E-state index in [0.717, 1.165) is 32.6 Å². The third-order valence-electron chi connectivity index (χ3n) is 4.15. The number of urea groups is 1. The van der Waals surface area contributed by atoms with Gasteiger partial charge in [-0.15, -0.1) is 0 Å². The number of aliphatic carboxylic acids is 1. The lowest BCUT2D eigenvalue weighted by Crippen LogP contribution is -2.48. The molecule has 2 heterocycles. The Morgan fingerprint density at radius 1 is 1.05 bits per heavy atom. The molecule has 0 aromatic heterocycles. The van der Waals surface area contributed by atoms with Gasteiger partial charge < -0.3 is 24.5 Å². The molecule has 0 aromatic carbocycles. The maximum absolute atomic E-state index is 12.5. The first kappa shape index (κ1) is 16.0. The molecule has 1 N–H and O–H groups in total. The molecule has 0 aliphatic carbocycles. The number of carbonyl (C=O) groups excluding carboxylic acids is 1. The van der Waals surface area contributed by atoms with Crippen LogP contribution in [0, 0.1) is 0 Å². The highest BCUT2D eigenvalue weighted by molar-refractivity contribution is 5.74. The molecule has 0 saturated carbocycles. The molecular weight excluding hydrogens is 274 g/mol. The molecule has 2 amide bonds. The van der Waals surface area contributed by atoms with Crippen LogP contribution in [0.5, 0.6) is 0 Å². The van der Waals surface area contributed by atoms with E-state index < -0.39 is 5.97 Å². The molecule has 7 heteroatoms. The highest BCUT2D eigenvalue weighted by Crippen LogP contribution is 2.16. The molecule has 2 aliphatic rings. The summed E-state index contributed by atoms with van der Waals surface area (Å²) in [6, 6.07) is 0.113. The zero-order valence-electron chi connectivity index (χ0n) is 12.7. The van der Waals surface area contributed by atoms with Crippen molar-refractivity contribution in [2.24, 2.45) is 0 Å². The standard InChI is InChI=1S/C14H25N3O4/c1-15-5-2-6-16(10-9-15)14(20)17-7-3-12(4-8-17)21-11-13(18)19/h12H,2-11H2,1H3,(H,18,19). The largest absolute Gasteiger partial charge is 0.480 e. The number of carbonyl (C=O) groups is 2. The first-order chi connectivity index (χ1) is 10.1. The lowest BCUT2D eigenvalue weighted by Gasteiger charge is -2.35. The molecule has 2 aliphatic heterocycles. The van der Waals surface area contributed by atoms with E-state index in [2.05, 4.69) is 11.9 Å². The molecule has 0 unspecified atom stereocenters. The lowest BCUT2D eigenvalue weighted by molar-refractivity contribution is -0.145. The number of hydrogen-bond acceptors (Lipinski definition) is 4. The summed E-state index contributed by atoms with van der Waals surface area (Å²) in [5.41, 5.74) is 0. The van der Waals surface area contributed by atoms with Crippen molar-refractivity contribution in [2.75, 3.05) is 52.9 Å². The van der Waals surface area contributed by atoms with Crippen LogP contribution in [0.2, 0.25) is 0 Å². The molecule has 0 spiro atoms. The van der Waals surface area contributed by atoms with Crippen molar-refractivity contribution >= 4 is 12.0 Å². The molecular formula is C14H25N3O4. The number of nitrogens with zero attached hydrogens (tertiary/aromatic N) is 3. The van der Waals surface area contributed by atoms with Crippen molar-refractivity contribution in [1.82, 2.24) is 14.7 Å². The topological polar surface area (TPSA) is 73.3 Å². The van der Waals surface area contributed by atoms with Crippen LogP contribution in [-0.4, -0.2) is 90.8 Å². The first-order valence-electron chi connectivity index (χ1n) is 7.62. The number of piperidine rings is 1. The van der Waals surface area contributed by atoms with Gasteiger partial charge in [0, 0.05) is 32.7 Å². The molecule has 0 bridgehead atoms. The fourth-order valence-corrected chi connectivity index (χ4v) is 2.84. The molecule has 21 heavy (non-hydrogen) atoms. The van der Waals surface area contributed by atoms with E-state index in [4.69, 9.17) is 9.84 Å². The minimum atomic E-state index is -0.942. The number of carboxylic acid groups (broad SMARTS) is 1. The van der Waals surface area contributed by atoms with Gasteiger partial charge in [-0.05, 0) is 32.9 Å². The van der Waals surface area contributed by atoms with Crippen molar-refractivity contribution in [2.45, 2.75) is 25.4 Å². The van der Waals surface area contributed by atoms with E-state index in [0.29, 0.717) is 25.9 Å². The molecule has 2 fully saturated rings. The Balaban J connectivity index is 1.76. The Hall–Kier alpha value is -1.34. The molecule has 2 rings (SSSR count). The Bertz CT molecular complexity index is 369. The van der Waals surface area contributed by atoms with Gasteiger partial charge in [0.1, 0.15) is 6.61 Å². The molecule has 0 aromatic rings. The highest BCUT2D eigenvalue weighted by atomic mass is 16.5.